The van der Waals surface area contributed by atoms with Crippen molar-refractivity contribution in [1.82, 2.24) is 0 Å². The molecule has 9 heteroatoms. The Balaban J connectivity index is 2.41. The molecule has 21 heavy (non-hydrogen) atoms. The van der Waals surface area contributed by atoms with Crippen LogP contribution in [0.2, 0.25) is 0 Å². The summed E-state index contributed by atoms with van der Waals surface area (Å²) >= 11 is 2.86. The van der Waals surface area contributed by atoms with Gasteiger partial charge in [-0.05, 0) is 46.6 Å². The highest BCUT2D eigenvalue weighted by atomic mass is 79.9. The molecule has 1 aromatic carbocycles. The molecule has 0 fully saturated rings. The van der Waals surface area contributed by atoms with Crippen LogP contribution in [0.4, 0.5) is 10.1 Å². The SMILES string of the molecule is Cc1cc(F)ccc1NS(=O)(=O)c1cc(C(=O)O)oc1Br. The van der Waals surface area contributed by atoms with Crippen molar-refractivity contribution in [2.75, 3.05) is 4.72 Å². The minimum atomic E-state index is -4.07. The number of anilines is 1. The summed E-state index contributed by atoms with van der Waals surface area (Å²) < 4.78 is 44.2. The zero-order valence-corrected chi connectivity index (χ0v) is 13.0. The fourth-order valence-corrected chi connectivity index (χ4v) is 3.65. The molecule has 0 aliphatic carbocycles. The summed E-state index contributed by atoms with van der Waals surface area (Å²) in [5.41, 5.74) is 0.568. The van der Waals surface area contributed by atoms with Gasteiger partial charge in [-0.1, -0.05) is 0 Å². The summed E-state index contributed by atoms with van der Waals surface area (Å²) in [6.07, 6.45) is 0. The highest BCUT2D eigenvalue weighted by Gasteiger charge is 2.25. The van der Waals surface area contributed by atoms with Gasteiger partial charge in [-0.15, -0.1) is 0 Å². The van der Waals surface area contributed by atoms with E-state index in [2.05, 4.69) is 20.7 Å². The van der Waals surface area contributed by atoms with Crippen LogP contribution in [0.3, 0.4) is 0 Å². The average molecular weight is 378 g/mol. The lowest BCUT2D eigenvalue weighted by Gasteiger charge is -2.09. The molecule has 0 bridgehead atoms. The van der Waals surface area contributed by atoms with Crippen LogP contribution in [0.5, 0.6) is 0 Å². The number of hydrogen-bond acceptors (Lipinski definition) is 4. The second kappa shape index (κ2) is 5.49. The first kappa shape index (κ1) is 15.5. The van der Waals surface area contributed by atoms with Crippen molar-refractivity contribution >= 4 is 37.6 Å². The Labute approximate surface area is 127 Å². The molecule has 0 unspecified atom stereocenters. The van der Waals surface area contributed by atoms with E-state index >= 15 is 0 Å². The van der Waals surface area contributed by atoms with E-state index in [1.807, 2.05) is 0 Å². The van der Waals surface area contributed by atoms with Gasteiger partial charge >= 0.3 is 5.97 Å². The summed E-state index contributed by atoms with van der Waals surface area (Å²) in [6, 6.07) is 4.44. The third kappa shape index (κ3) is 3.24. The quantitative estimate of drug-likeness (QED) is 0.853. The lowest BCUT2D eigenvalue weighted by molar-refractivity contribution is 0.0661. The van der Waals surface area contributed by atoms with E-state index in [1.54, 1.807) is 0 Å². The van der Waals surface area contributed by atoms with Crippen LogP contribution < -0.4 is 4.72 Å². The molecule has 2 aromatic rings. The molecule has 0 aliphatic heterocycles. The zero-order chi connectivity index (χ0) is 15.8. The molecule has 2 rings (SSSR count). The minimum Gasteiger partial charge on any atom is -0.475 e. The first-order chi connectivity index (χ1) is 9.70. The fraction of sp³-hybridized carbons (Fsp3) is 0.0833. The van der Waals surface area contributed by atoms with Gasteiger partial charge in [0.25, 0.3) is 10.0 Å². The van der Waals surface area contributed by atoms with Crippen molar-refractivity contribution in [1.29, 1.82) is 0 Å². The van der Waals surface area contributed by atoms with Crippen molar-refractivity contribution in [3.63, 3.8) is 0 Å². The van der Waals surface area contributed by atoms with E-state index < -0.39 is 27.6 Å². The molecule has 0 saturated heterocycles. The Bertz CT molecular complexity index is 815. The van der Waals surface area contributed by atoms with Crippen LogP contribution in [0, 0.1) is 12.7 Å². The van der Waals surface area contributed by atoms with Crippen LogP contribution in [-0.2, 0) is 10.0 Å². The van der Waals surface area contributed by atoms with E-state index in [9.17, 15) is 17.6 Å². The lowest BCUT2D eigenvalue weighted by Crippen LogP contribution is -2.13. The number of sulfonamides is 1. The molecule has 1 aromatic heterocycles. The highest BCUT2D eigenvalue weighted by Crippen LogP contribution is 2.28. The van der Waals surface area contributed by atoms with E-state index in [0.717, 1.165) is 12.1 Å². The van der Waals surface area contributed by atoms with Gasteiger partial charge in [0, 0.05) is 6.07 Å². The smallest absolute Gasteiger partial charge is 0.371 e. The first-order valence-electron chi connectivity index (χ1n) is 5.52. The molecule has 112 valence electrons. The van der Waals surface area contributed by atoms with Gasteiger partial charge in [0.1, 0.15) is 10.7 Å². The Morgan fingerprint density at radius 2 is 2.05 bits per heavy atom. The number of hydrogen-bond donors (Lipinski definition) is 2. The van der Waals surface area contributed by atoms with E-state index in [1.165, 1.54) is 19.1 Å². The number of aryl methyl sites for hydroxylation is 1. The van der Waals surface area contributed by atoms with Gasteiger partial charge in [0.05, 0.1) is 5.69 Å². The summed E-state index contributed by atoms with van der Waals surface area (Å²) in [7, 11) is -4.07. The number of aromatic carboxylic acids is 1. The molecule has 0 radical (unpaired) electrons. The van der Waals surface area contributed by atoms with Crippen molar-refractivity contribution in [3.05, 3.63) is 46.1 Å². The number of carbonyl (C=O) groups is 1. The summed E-state index contributed by atoms with van der Waals surface area (Å²) in [4.78, 5) is 10.4. The average Bonchev–Trinajstić information content (AvgIpc) is 2.76. The van der Waals surface area contributed by atoms with Gasteiger partial charge in [-0.3, -0.25) is 4.72 Å². The molecule has 6 nitrogen and oxygen atoms in total. The topological polar surface area (TPSA) is 96.6 Å². The number of carboxylic acid groups (broad SMARTS) is 1. The molecule has 0 amide bonds. The monoisotopic (exact) mass is 377 g/mol. The Morgan fingerprint density at radius 1 is 1.38 bits per heavy atom. The van der Waals surface area contributed by atoms with Crippen LogP contribution in [0.25, 0.3) is 0 Å². The van der Waals surface area contributed by atoms with Crippen molar-refractivity contribution in [2.45, 2.75) is 11.8 Å². The second-order valence-electron chi connectivity index (χ2n) is 4.12. The zero-order valence-electron chi connectivity index (χ0n) is 10.6. The standard InChI is InChI=1S/C12H9BrFNO5S/c1-6-4-7(14)2-3-8(6)15-21(18,19)10-5-9(12(16)17)20-11(10)13/h2-5,15H,1H3,(H,16,17). The number of nitrogens with one attached hydrogen (secondary N) is 1. The molecular formula is C12H9BrFNO5S. The van der Waals surface area contributed by atoms with Crippen LogP contribution in [0.1, 0.15) is 16.1 Å². The van der Waals surface area contributed by atoms with Gasteiger partial charge in [-0.2, -0.15) is 0 Å². The van der Waals surface area contributed by atoms with Crippen molar-refractivity contribution < 1.29 is 27.1 Å². The largest absolute Gasteiger partial charge is 0.475 e. The number of rotatable bonds is 4. The third-order valence-electron chi connectivity index (χ3n) is 2.59. The fourth-order valence-electron chi connectivity index (χ4n) is 1.58. The van der Waals surface area contributed by atoms with Gasteiger partial charge in [0.15, 0.2) is 4.67 Å². The molecule has 0 saturated carbocycles. The van der Waals surface area contributed by atoms with Gasteiger partial charge < -0.3 is 9.52 Å². The predicted molar refractivity (Wildman–Crippen MR) is 75.3 cm³/mol. The van der Waals surface area contributed by atoms with E-state index in [-0.39, 0.29) is 15.3 Å². The first-order valence-corrected chi connectivity index (χ1v) is 7.80. The van der Waals surface area contributed by atoms with Crippen molar-refractivity contribution in [3.8, 4) is 0 Å². The summed E-state index contributed by atoms with van der Waals surface area (Å²) in [5.74, 6) is -2.40. The Morgan fingerprint density at radius 3 is 2.57 bits per heavy atom. The third-order valence-corrected chi connectivity index (χ3v) is 4.81. The van der Waals surface area contributed by atoms with Crippen LogP contribution in [0.15, 0.2) is 38.2 Å². The Hall–Kier alpha value is -1.87. The molecule has 0 atom stereocenters. The molecular weight excluding hydrogens is 369 g/mol. The predicted octanol–water partition coefficient (Wildman–Crippen LogP) is 2.99. The van der Waals surface area contributed by atoms with Gasteiger partial charge in [0.2, 0.25) is 5.76 Å². The lowest BCUT2D eigenvalue weighted by atomic mass is 10.2. The maximum atomic E-state index is 13.0. The van der Waals surface area contributed by atoms with Gasteiger partial charge in [-0.25, -0.2) is 17.6 Å². The second-order valence-corrected chi connectivity index (χ2v) is 6.49. The number of benzene rings is 1. The molecule has 1 heterocycles. The molecule has 0 spiro atoms. The molecule has 2 N–H and O–H groups in total. The highest BCUT2D eigenvalue weighted by molar-refractivity contribution is 9.10. The number of furan rings is 1. The van der Waals surface area contributed by atoms with Crippen LogP contribution in [-0.4, -0.2) is 19.5 Å². The van der Waals surface area contributed by atoms with Crippen molar-refractivity contribution in [2.24, 2.45) is 0 Å². The summed E-state index contributed by atoms with van der Waals surface area (Å²) in [6.45, 7) is 1.54. The molecule has 0 aliphatic rings. The summed E-state index contributed by atoms with van der Waals surface area (Å²) in [5, 5.41) is 8.78. The Kier molecular flexibility index (Phi) is 4.06. The van der Waals surface area contributed by atoms with E-state index in [0.29, 0.717) is 5.56 Å². The minimum absolute atomic E-state index is 0.182. The maximum absolute atomic E-state index is 13.0. The van der Waals surface area contributed by atoms with Crippen LogP contribution >= 0.6 is 15.9 Å². The number of carboxylic acids is 1. The number of halogens is 2. The normalized spacial score (nSPS) is 11.4. The van der Waals surface area contributed by atoms with E-state index in [4.69, 9.17) is 9.52 Å². The maximum Gasteiger partial charge on any atom is 0.371 e.